The second-order valence-electron chi connectivity index (χ2n) is 5.72. The van der Waals surface area contributed by atoms with Crippen LogP contribution in [0.2, 0.25) is 0 Å². The number of rotatable bonds is 4. The first-order valence-corrected chi connectivity index (χ1v) is 9.02. The fourth-order valence-electron chi connectivity index (χ4n) is 2.88. The Labute approximate surface area is 140 Å². The van der Waals surface area contributed by atoms with Crippen LogP contribution < -0.4 is 9.62 Å². The molecule has 3 rings (SSSR count). The molecule has 1 amide bonds. The number of nitrogens with one attached hydrogen (secondary N) is 1. The molecule has 0 saturated carbocycles. The number of sulfonamides is 1. The topological polar surface area (TPSA) is 66.5 Å². The molecule has 1 aliphatic heterocycles. The summed E-state index contributed by atoms with van der Waals surface area (Å²) in [5.41, 5.74) is 1.88. The van der Waals surface area contributed by atoms with E-state index in [0.29, 0.717) is 0 Å². The van der Waals surface area contributed by atoms with Gasteiger partial charge in [-0.05, 0) is 49.2 Å². The molecule has 1 atom stereocenters. The highest BCUT2D eigenvalue weighted by atomic mass is 32.2. The standard InChI is InChI=1S/C17H17FN2O3S/c1-12-10-13-4-2-3-5-16(13)20(12)17(21)11-19-24(22,23)15-8-6-14(18)7-9-15/h2-9,12,19H,10-11H2,1H3. The van der Waals surface area contributed by atoms with Crippen LogP contribution in [0, 0.1) is 5.82 Å². The maximum absolute atomic E-state index is 12.9. The van der Waals surface area contributed by atoms with Crippen LogP contribution in [0.1, 0.15) is 12.5 Å². The number of amides is 1. The van der Waals surface area contributed by atoms with E-state index in [2.05, 4.69) is 4.72 Å². The molecular weight excluding hydrogens is 331 g/mol. The number of fused-ring (bicyclic) bond motifs is 1. The number of halogens is 1. The van der Waals surface area contributed by atoms with Gasteiger partial charge >= 0.3 is 0 Å². The number of carbonyl (C=O) groups is 1. The summed E-state index contributed by atoms with van der Waals surface area (Å²) in [6.07, 6.45) is 0.743. The van der Waals surface area contributed by atoms with Crippen LogP contribution in [0.4, 0.5) is 10.1 Å². The van der Waals surface area contributed by atoms with Crippen LogP contribution in [-0.4, -0.2) is 26.9 Å². The van der Waals surface area contributed by atoms with Gasteiger partial charge in [0.1, 0.15) is 5.82 Å². The van der Waals surface area contributed by atoms with Crippen molar-refractivity contribution in [3.05, 3.63) is 59.9 Å². The average Bonchev–Trinajstić information content (AvgIpc) is 2.89. The minimum absolute atomic E-state index is 0.0229. The predicted octanol–water partition coefficient (Wildman–Crippen LogP) is 2.08. The largest absolute Gasteiger partial charge is 0.308 e. The molecule has 0 radical (unpaired) electrons. The number of hydrogen-bond donors (Lipinski definition) is 1. The molecule has 0 fully saturated rings. The zero-order chi connectivity index (χ0) is 17.3. The highest BCUT2D eigenvalue weighted by Gasteiger charge is 2.31. The van der Waals surface area contributed by atoms with Gasteiger partial charge < -0.3 is 4.90 Å². The van der Waals surface area contributed by atoms with Crippen molar-refractivity contribution in [3.63, 3.8) is 0 Å². The SMILES string of the molecule is CC1Cc2ccccc2N1C(=O)CNS(=O)(=O)c1ccc(F)cc1. The van der Waals surface area contributed by atoms with Crippen LogP contribution in [0.5, 0.6) is 0 Å². The third-order valence-electron chi connectivity index (χ3n) is 4.01. The minimum atomic E-state index is -3.86. The molecule has 1 N–H and O–H groups in total. The second kappa shape index (κ2) is 6.33. The van der Waals surface area contributed by atoms with Gasteiger partial charge in [0.05, 0.1) is 11.4 Å². The van der Waals surface area contributed by atoms with Crippen molar-refractivity contribution < 1.29 is 17.6 Å². The zero-order valence-electron chi connectivity index (χ0n) is 13.1. The molecule has 0 bridgehead atoms. The summed E-state index contributed by atoms with van der Waals surface area (Å²) in [5.74, 6) is -0.842. The maximum Gasteiger partial charge on any atom is 0.242 e. The molecule has 0 aromatic heterocycles. The van der Waals surface area contributed by atoms with Crippen LogP contribution in [0.3, 0.4) is 0 Å². The van der Waals surface area contributed by atoms with Crippen molar-refractivity contribution >= 4 is 21.6 Å². The van der Waals surface area contributed by atoms with E-state index in [1.165, 1.54) is 0 Å². The molecule has 2 aromatic carbocycles. The molecule has 2 aromatic rings. The Morgan fingerprint density at radius 2 is 1.88 bits per heavy atom. The Hall–Kier alpha value is -2.25. The van der Waals surface area contributed by atoms with Crippen molar-refractivity contribution in [2.24, 2.45) is 0 Å². The lowest BCUT2D eigenvalue weighted by Gasteiger charge is -2.22. The first-order valence-electron chi connectivity index (χ1n) is 7.54. The molecule has 24 heavy (non-hydrogen) atoms. The van der Waals surface area contributed by atoms with Gasteiger partial charge in [0.15, 0.2) is 0 Å². The quantitative estimate of drug-likeness (QED) is 0.920. The number of para-hydroxylation sites is 1. The monoisotopic (exact) mass is 348 g/mol. The molecule has 7 heteroatoms. The van der Waals surface area contributed by atoms with E-state index < -0.39 is 15.8 Å². The lowest BCUT2D eigenvalue weighted by molar-refractivity contribution is -0.117. The van der Waals surface area contributed by atoms with E-state index in [9.17, 15) is 17.6 Å². The van der Waals surface area contributed by atoms with E-state index in [1.807, 2.05) is 31.2 Å². The van der Waals surface area contributed by atoms with Gasteiger partial charge in [-0.2, -0.15) is 0 Å². The van der Waals surface area contributed by atoms with Crippen molar-refractivity contribution in [1.82, 2.24) is 4.72 Å². The second-order valence-corrected chi connectivity index (χ2v) is 7.49. The first-order chi connectivity index (χ1) is 11.4. The normalized spacial score (nSPS) is 16.9. The molecule has 0 aliphatic carbocycles. The Morgan fingerprint density at radius 1 is 1.21 bits per heavy atom. The van der Waals surface area contributed by atoms with Gasteiger partial charge in [0, 0.05) is 11.7 Å². The van der Waals surface area contributed by atoms with Crippen LogP contribution in [-0.2, 0) is 21.2 Å². The van der Waals surface area contributed by atoms with E-state index in [1.54, 1.807) is 4.90 Å². The minimum Gasteiger partial charge on any atom is -0.308 e. The Balaban J connectivity index is 1.73. The van der Waals surface area contributed by atoms with E-state index in [0.717, 1.165) is 41.9 Å². The van der Waals surface area contributed by atoms with Crippen LogP contribution in [0.15, 0.2) is 53.4 Å². The lowest BCUT2D eigenvalue weighted by Crippen LogP contribution is -2.43. The Bertz CT molecular complexity index is 866. The summed E-state index contributed by atoms with van der Waals surface area (Å²) in [7, 11) is -3.86. The smallest absolute Gasteiger partial charge is 0.242 e. The van der Waals surface area contributed by atoms with Crippen molar-refractivity contribution in [2.45, 2.75) is 24.3 Å². The number of benzene rings is 2. The number of hydrogen-bond acceptors (Lipinski definition) is 3. The molecule has 1 unspecified atom stereocenters. The first kappa shape index (κ1) is 16.6. The summed E-state index contributed by atoms with van der Waals surface area (Å²) in [6, 6.07) is 12.0. The van der Waals surface area contributed by atoms with Gasteiger partial charge in [0.2, 0.25) is 15.9 Å². The number of carbonyl (C=O) groups excluding carboxylic acids is 1. The fraction of sp³-hybridized carbons (Fsp3) is 0.235. The van der Waals surface area contributed by atoms with E-state index in [4.69, 9.17) is 0 Å². The zero-order valence-corrected chi connectivity index (χ0v) is 13.9. The van der Waals surface area contributed by atoms with Gasteiger partial charge in [-0.1, -0.05) is 18.2 Å². The highest BCUT2D eigenvalue weighted by Crippen LogP contribution is 2.31. The molecule has 5 nitrogen and oxygen atoms in total. The molecule has 126 valence electrons. The molecule has 0 saturated heterocycles. The summed E-state index contributed by atoms with van der Waals surface area (Å²) >= 11 is 0. The highest BCUT2D eigenvalue weighted by molar-refractivity contribution is 7.89. The predicted molar refractivity (Wildman–Crippen MR) is 88.7 cm³/mol. The van der Waals surface area contributed by atoms with Crippen molar-refractivity contribution in [1.29, 1.82) is 0 Å². The lowest BCUT2D eigenvalue weighted by atomic mass is 10.1. The van der Waals surface area contributed by atoms with Crippen molar-refractivity contribution in [2.75, 3.05) is 11.4 Å². The molecule has 1 aliphatic rings. The van der Waals surface area contributed by atoms with Gasteiger partial charge in [-0.25, -0.2) is 17.5 Å². The molecule has 1 heterocycles. The Kier molecular flexibility index (Phi) is 4.38. The molecule has 0 spiro atoms. The van der Waals surface area contributed by atoms with Crippen molar-refractivity contribution in [3.8, 4) is 0 Å². The van der Waals surface area contributed by atoms with Gasteiger partial charge in [0.25, 0.3) is 0 Å². The van der Waals surface area contributed by atoms with E-state index in [-0.39, 0.29) is 23.4 Å². The van der Waals surface area contributed by atoms with Gasteiger partial charge in [-0.3, -0.25) is 4.79 Å². The van der Waals surface area contributed by atoms with E-state index >= 15 is 0 Å². The summed E-state index contributed by atoms with van der Waals surface area (Å²) in [5, 5.41) is 0. The third kappa shape index (κ3) is 3.18. The van der Waals surface area contributed by atoms with Crippen LogP contribution >= 0.6 is 0 Å². The molecular formula is C17H17FN2O3S. The summed E-state index contributed by atoms with van der Waals surface area (Å²) in [6.45, 7) is 1.57. The van der Waals surface area contributed by atoms with Crippen LogP contribution in [0.25, 0.3) is 0 Å². The summed E-state index contributed by atoms with van der Waals surface area (Å²) < 4.78 is 39.6. The van der Waals surface area contributed by atoms with Gasteiger partial charge in [-0.15, -0.1) is 0 Å². The number of nitrogens with zero attached hydrogens (tertiary/aromatic N) is 1. The average molecular weight is 348 g/mol. The third-order valence-corrected chi connectivity index (χ3v) is 5.43. The Morgan fingerprint density at radius 3 is 2.58 bits per heavy atom. The fourth-order valence-corrected chi connectivity index (χ4v) is 3.86. The summed E-state index contributed by atoms with van der Waals surface area (Å²) in [4.78, 5) is 14.0. The number of anilines is 1. The maximum atomic E-state index is 12.9.